The van der Waals surface area contributed by atoms with Gasteiger partial charge in [0.2, 0.25) is 0 Å². The van der Waals surface area contributed by atoms with Crippen molar-refractivity contribution in [3.63, 3.8) is 0 Å². The summed E-state index contributed by atoms with van der Waals surface area (Å²) < 4.78 is 35.2. The van der Waals surface area contributed by atoms with Crippen LogP contribution in [0.25, 0.3) is 0 Å². The number of urea groups is 1. The number of carbonyl (C=O) groups is 1. The maximum absolute atomic E-state index is 12.6. The predicted octanol–water partition coefficient (Wildman–Crippen LogP) is 1.80. The van der Waals surface area contributed by atoms with Crippen molar-refractivity contribution in [2.45, 2.75) is 51.6 Å². The van der Waals surface area contributed by atoms with Crippen molar-refractivity contribution in [2.24, 2.45) is 10.1 Å². The number of amides is 2. The first-order valence-corrected chi connectivity index (χ1v) is 10.7. The Hall–Kier alpha value is -2.49. The summed E-state index contributed by atoms with van der Waals surface area (Å²) >= 11 is 0. The Kier molecular flexibility index (Phi) is 5.42. The highest BCUT2D eigenvalue weighted by Crippen LogP contribution is 2.31. The summed E-state index contributed by atoms with van der Waals surface area (Å²) in [5.41, 5.74) is 6.28. The number of fused-ring (bicyclic) bond motifs is 1. The van der Waals surface area contributed by atoms with E-state index in [9.17, 15) is 13.2 Å². The van der Waals surface area contributed by atoms with Gasteiger partial charge in [-0.3, -0.25) is 4.72 Å². The van der Waals surface area contributed by atoms with Crippen LogP contribution in [-0.4, -0.2) is 49.9 Å². The lowest BCUT2D eigenvalue weighted by Crippen LogP contribution is -2.54. The minimum absolute atomic E-state index is 0.0783. The zero-order chi connectivity index (χ0) is 20.5. The molecule has 0 saturated carbocycles. The van der Waals surface area contributed by atoms with Gasteiger partial charge in [-0.05, 0) is 52.2 Å². The molecule has 1 fully saturated rings. The molecular formula is C18H27N5O4S. The molecule has 10 heteroatoms. The number of likely N-dealkylation sites (tertiary alicyclic amines) is 1. The summed E-state index contributed by atoms with van der Waals surface area (Å²) in [6.45, 7) is 6.79. The van der Waals surface area contributed by atoms with Crippen LogP contribution in [0.5, 0.6) is 5.75 Å². The molecule has 1 saturated heterocycles. The van der Waals surface area contributed by atoms with Crippen molar-refractivity contribution < 1.29 is 17.9 Å². The van der Waals surface area contributed by atoms with Crippen LogP contribution in [0.15, 0.2) is 22.6 Å². The zero-order valence-corrected chi connectivity index (χ0v) is 17.2. The first kappa shape index (κ1) is 20.2. The van der Waals surface area contributed by atoms with E-state index >= 15 is 0 Å². The van der Waals surface area contributed by atoms with E-state index in [4.69, 9.17) is 10.5 Å². The standard InChI is InChI=1S/C18H27N5O4S/c1-18(2,3)20-17(24)23-10-5-4-7-12(23)11-27-14-9-6-8-13-15(14)16(19)22-28(25,26)21-13/h6,8-9,12,21H,4-5,7,10-11H2,1-3H3,(H2,19,22)(H,20,24). The minimum atomic E-state index is -3.84. The Morgan fingerprint density at radius 3 is 2.86 bits per heavy atom. The lowest BCUT2D eigenvalue weighted by atomic mass is 10.0. The summed E-state index contributed by atoms with van der Waals surface area (Å²) in [7, 11) is -3.84. The van der Waals surface area contributed by atoms with Crippen molar-refractivity contribution in [2.75, 3.05) is 17.9 Å². The normalized spacial score (nSPS) is 21.2. The number of nitrogens with two attached hydrogens (primary N) is 1. The first-order valence-electron chi connectivity index (χ1n) is 9.29. The summed E-state index contributed by atoms with van der Waals surface area (Å²) in [6.07, 6.45) is 2.81. The minimum Gasteiger partial charge on any atom is -0.491 e. The van der Waals surface area contributed by atoms with Gasteiger partial charge in [0.05, 0.1) is 17.3 Å². The smallest absolute Gasteiger partial charge is 0.344 e. The average Bonchev–Trinajstić information content (AvgIpc) is 2.57. The molecule has 0 aromatic heterocycles. The molecule has 0 bridgehead atoms. The fourth-order valence-corrected chi connectivity index (χ4v) is 4.20. The van der Waals surface area contributed by atoms with Gasteiger partial charge in [0.15, 0.2) is 5.84 Å². The molecule has 2 aliphatic rings. The number of piperidine rings is 1. The van der Waals surface area contributed by atoms with Crippen LogP contribution in [0.1, 0.15) is 45.6 Å². The molecule has 0 radical (unpaired) electrons. The second kappa shape index (κ2) is 7.50. The zero-order valence-electron chi connectivity index (χ0n) is 16.4. The highest BCUT2D eigenvalue weighted by molar-refractivity contribution is 7.91. The predicted molar refractivity (Wildman–Crippen MR) is 108 cm³/mol. The number of hydrogen-bond donors (Lipinski definition) is 3. The number of amidine groups is 1. The maximum atomic E-state index is 12.6. The number of hydrogen-bond acceptors (Lipinski definition) is 5. The molecule has 4 N–H and O–H groups in total. The molecule has 2 heterocycles. The fourth-order valence-electron chi connectivity index (χ4n) is 3.36. The van der Waals surface area contributed by atoms with Gasteiger partial charge in [0.25, 0.3) is 0 Å². The Bertz CT molecular complexity index is 892. The number of anilines is 1. The van der Waals surface area contributed by atoms with Gasteiger partial charge in [-0.1, -0.05) is 6.07 Å². The van der Waals surface area contributed by atoms with E-state index in [1.807, 2.05) is 25.7 Å². The molecule has 1 aromatic carbocycles. The molecule has 1 aromatic rings. The fraction of sp³-hybridized carbons (Fsp3) is 0.556. The summed E-state index contributed by atoms with van der Waals surface area (Å²) in [6, 6.07) is 4.81. The van der Waals surface area contributed by atoms with E-state index in [0.717, 1.165) is 19.3 Å². The molecule has 9 nitrogen and oxygen atoms in total. The molecule has 3 rings (SSSR count). The SMILES string of the molecule is CC(C)(C)NC(=O)N1CCCCC1COc1cccc2c1C(N)=NS(=O)(=O)N2. The molecule has 1 atom stereocenters. The number of rotatable bonds is 3. The Morgan fingerprint density at radius 2 is 2.14 bits per heavy atom. The number of benzene rings is 1. The van der Waals surface area contributed by atoms with Gasteiger partial charge < -0.3 is 20.7 Å². The van der Waals surface area contributed by atoms with Crippen LogP contribution >= 0.6 is 0 Å². The summed E-state index contributed by atoms with van der Waals surface area (Å²) in [5.74, 6) is 0.318. The van der Waals surface area contributed by atoms with E-state index in [2.05, 4.69) is 14.4 Å². The van der Waals surface area contributed by atoms with Gasteiger partial charge in [-0.25, -0.2) is 4.79 Å². The number of nitrogens with zero attached hydrogens (tertiary/aromatic N) is 2. The second-order valence-corrected chi connectivity index (χ2v) is 9.40. The van der Waals surface area contributed by atoms with E-state index in [0.29, 0.717) is 23.5 Å². The lowest BCUT2D eigenvalue weighted by molar-refractivity contribution is 0.112. The number of ether oxygens (including phenoxy) is 1. The largest absolute Gasteiger partial charge is 0.491 e. The number of nitrogens with one attached hydrogen (secondary N) is 2. The second-order valence-electron chi connectivity index (χ2n) is 8.07. The molecule has 2 amide bonds. The van der Waals surface area contributed by atoms with Crippen LogP contribution < -0.4 is 20.5 Å². The van der Waals surface area contributed by atoms with Crippen molar-refractivity contribution in [3.05, 3.63) is 23.8 Å². The van der Waals surface area contributed by atoms with Gasteiger partial charge in [-0.15, -0.1) is 4.40 Å². The number of carbonyl (C=O) groups excluding carboxylic acids is 1. The monoisotopic (exact) mass is 409 g/mol. The lowest BCUT2D eigenvalue weighted by Gasteiger charge is -2.37. The van der Waals surface area contributed by atoms with Gasteiger partial charge in [-0.2, -0.15) is 8.42 Å². The molecule has 1 unspecified atom stereocenters. The van der Waals surface area contributed by atoms with Crippen LogP contribution in [0, 0.1) is 0 Å². The molecule has 2 aliphatic heterocycles. The van der Waals surface area contributed by atoms with E-state index < -0.39 is 10.2 Å². The average molecular weight is 410 g/mol. The highest BCUT2D eigenvalue weighted by Gasteiger charge is 2.30. The van der Waals surface area contributed by atoms with E-state index in [-0.39, 0.29) is 30.1 Å². The Labute approximate surface area is 165 Å². The Morgan fingerprint density at radius 1 is 1.39 bits per heavy atom. The van der Waals surface area contributed by atoms with Gasteiger partial charge >= 0.3 is 16.2 Å². The first-order chi connectivity index (χ1) is 13.1. The van der Waals surface area contributed by atoms with Crippen LogP contribution in [0.4, 0.5) is 10.5 Å². The van der Waals surface area contributed by atoms with E-state index in [1.165, 1.54) is 0 Å². The van der Waals surface area contributed by atoms with Crippen molar-refractivity contribution >= 4 is 27.8 Å². The third kappa shape index (κ3) is 4.67. The topological polar surface area (TPSA) is 126 Å². The summed E-state index contributed by atoms with van der Waals surface area (Å²) in [4.78, 5) is 14.4. The van der Waals surface area contributed by atoms with Crippen molar-refractivity contribution in [1.82, 2.24) is 10.2 Å². The molecule has 154 valence electrons. The molecule has 0 aliphatic carbocycles. The third-order valence-corrected chi connectivity index (χ3v) is 5.46. The van der Waals surface area contributed by atoms with Crippen molar-refractivity contribution in [3.8, 4) is 5.75 Å². The Balaban J connectivity index is 1.76. The van der Waals surface area contributed by atoms with Gasteiger partial charge in [0.1, 0.15) is 12.4 Å². The molecular weight excluding hydrogens is 382 g/mol. The van der Waals surface area contributed by atoms with Crippen LogP contribution in [0.3, 0.4) is 0 Å². The van der Waals surface area contributed by atoms with Crippen LogP contribution in [0.2, 0.25) is 0 Å². The van der Waals surface area contributed by atoms with Gasteiger partial charge in [0, 0.05) is 12.1 Å². The summed E-state index contributed by atoms with van der Waals surface area (Å²) in [5, 5.41) is 3.00. The molecule has 28 heavy (non-hydrogen) atoms. The quantitative estimate of drug-likeness (QED) is 0.702. The maximum Gasteiger partial charge on any atom is 0.344 e. The highest BCUT2D eigenvalue weighted by atomic mass is 32.2. The van der Waals surface area contributed by atoms with Crippen molar-refractivity contribution in [1.29, 1.82) is 0 Å². The molecule has 0 spiro atoms. The third-order valence-electron chi connectivity index (χ3n) is 4.54. The van der Waals surface area contributed by atoms with Crippen LogP contribution in [-0.2, 0) is 10.2 Å². The van der Waals surface area contributed by atoms with E-state index in [1.54, 1.807) is 18.2 Å².